The van der Waals surface area contributed by atoms with Gasteiger partial charge in [0.25, 0.3) is 11.8 Å². The highest BCUT2D eigenvalue weighted by Gasteiger charge is 2.36. The Morgan fingerprint density at radius 1 is 0.933 bits per heavy atom. The van der Waals surface area contributed by atoms with Crippen LogP contribution in [0.2, 0.25) is 0 Å². The number of likely N-dealkylation sites (tertiary alicyclic amines) is 1. The molecule has 1 fully saturated rings. The molecular weight excluding hydrogens is 384 g/mol. The number of hydrogen-bond acceptors (Lipinski definition) is 5. The van der Waals surface area contributed by atoms with Crippen LogP contribution in [0.5, 0.6) is 0 Å². The lowest BCUT2D eigenvalue weighted by atomic mass is 9.85. The van der Waals surface area contributed by atoms with E-state index < -0.39 is 11.7 Å². The van der Waals surface area contributed by atoms with E-state index in [1.54, 1.807) is 29.2 Å². The number of rotatable bonds is 5. The molecule has 2 aliphatic rings. The highest BCUT2D eigenvalue weighted by Crippen LogP contribution is 2.27. The highest BCUT2D eigenvalue weighted by molar-refractivity contribution is 6.21. The van der Waals surface area contributed by atoms with Gasteiger partial charge in [-0.15, -0.1) is 0 Å². The van der Waals surface area contributed by atoms with Crippen LogP contribution in [-0.4, -0.2) is 64.7 Å². The summed E-state index contributed by atoms with van der Waals surface area (Å²) in [6, 6.07) is 16.5. The normalized spacial score (nSPS) is 17.8. The van der Waals surface area contributed by atoms with Gasteiger partial charge in [0.05, 0.1) is 23.3 Å². The smallest absolute Gasteiger partial charge is 0.409 e. The fourth-order valence-corrected chi connectivity index (χ4v) is 4.02. The van der Waals surface area contributed by atoms with E-state index in [0.29, 0.717) is 43.5 Å². The molecule has 7 nitrogen and oxygen atoms in total. The number of aliphatic hydroxyl groups is 1. The second-order valence-electron chi connectivity index (χ2n) is 7.80. The van der Waals surface area contributed by atoms with E-state index in [0.717, 1.165) is 10.5 Å². The topological polar surface area (TPSA) is 87.2 Å². The van der Waals surface area contributed by atoms with Crippen LogP contribution in [0.15, 0.2) is 54.6 Å². The maximum absolute atomic E-state index is 12.4. The zero-order chi connectivity index (χ0) is 21.1. The number of amides is 3. The number of piperidine rings is 1. The Morgan fingerprint density at radius 2 is 1.50 bits per heavy atom. The van der Waals surface area contributed by atoms with Crippen molar-refractivity contribution >= 4 is 17.9 Å². The molecular formula is C23H24N2O5. The molecule has 0 saturated carbocycles. The molecule has 4 rings (SSSR count). The summed E-state index contributed by atoms with van der Waals surface area (Å²) in [6.45, 7) is 0.753. The quantitative estimate of drug-likeness (QED) is 0.768. The van der Waals surface area contributed by atoms with Gasteiger partial charge in [0.1, 0.15) is 6.61 Å². The highest BCUT2D eigenvalue weighted by atomic mass is 16.6. The van der Waals surface area contributed by atoms with Crippen molar-refractivity contribution in [3.05, 3.63) is 71.3 Å². The molecule has 2 aliphatic heterocycles. The molecule has 2 aromatic carbocycles. The van der Waals surface area contributed by atoms with Crippen molar-refractivity contribution in [2.75, 3.05) is 26.2 Å². The molecule has 0 atom stereocenters. The molecule has 2 heterocycles. The number of carbonyl (C=O) groups excluding carboxylic acids is 3. The largest absolute Gasteiger partial charge is 0.448 e. The Labute approximate surface area is 174 Å². The van der Waals surface area contributed by atoms with Crippen molar-refractivity contribution in [1.29, 1.82) is 0 Å². The van der Waals surface area contributed by atoms with E-state index in [1.807, 2.05) is 30.3 Å². The number of hydrogen-bond donors (Lipinski definition) is 1. The van der Waals surface area contributed by atoms with E-state index in [4.69, 9.17) is 4.74 Å². The molecule has 2 aromatic rings. The second-order valence-corrected chi connectivity index (χ2v) is 7.80. The van der Waals surface area contributed by atoms with Gasteiger partial charge in [0.15, 0.2) is 0 Å². The summed E-state index contributed by atoms with van der Waals surface area (Å²) in [5, 5.41) is 10.8. The van der Waals surface area contributed by atoms with Crippen LogP contribution in [0.3, 0.4) is 0 Å². The summed E-state index contributed by atoms with van der Waals surface area (Å²) in [4.78, 5) is 39.7. The van der Waals surface area contributed by atoms with E-state index in [9.17, 15) is 19.5 Å². The molecule has 1 N–H and O–H groups in total. The summed E-state index contributed by atoms with van der Waals surface area (Å²) in [5.74, 6) is -0.730. The number of ether oxygens (including phenoxy) is 1. The first-order valence-electron chi connectivity index (χ1n) is 10.1. The summed E-state index contributed by atoms with van der Waals surface area (Å²) in [7, 11) is 0. The molecule has 0 unspecified atom stereocenters. The number of nitrogens with zero attached hydrogens (tertiary/aromatic N) is 2. The second kappa shape index (κ2) is 8.28. The fraction of sp³-hybridized carbons (Fsp3) is 0.348. The number of imide groups is 1. The maximum Gasteiger partial charge on any atom is 0.409 e. The minimum atomic E-state index is -0.835. The van der Waals surface area contributed by atoms with Crippen molar-refractivity contribution in [2.45, 2.75) is 24.9 Å². The zero-order valence-corrected chi connectivity index (χ0v) is 16.6. The number of fused-ring (bicyclic) bond motifs is 1. The Morgan fingerprint density at radius 3 is 2.10 bits per heavy atom. The van der Waals surface area contributed by atoms with E-state index >= 15 is 0 Å². The molecule has 1 saturated heterocycles. The van der Waals surface area contributed by atoms with Crippen LogP contribution >= 0.6 is 0 Å². The third kappa shape index (κ3) is 4.07. The first-order chi connectivity index (χ1) is 14.5. The van der Waals surface area contributed by atoms with Crippen LogP contribution in [0.1, 0.15) is 39.1 Å². The fourth-order valence-electron chi connectivity index (χ4n) is 4.02. The minimum Gasteiger partial charge on any atom is -0.448 e. The van der Waals surface area contributed by atoms with Crippen molar-refractivity contribution < 1.29 is 24.2 Å². The van der Waals surface area contributed by atoms with E-state index in [1.165, 1.54) is 0 Å². The molecule has 0 radical (unpaired) electrons. The van der Waals surface area contributed by atoms with Crippen molar-refractivity contribution in [1.82, 2.24) is 9.80 Å². The average molecular weight is 408 g/mol. The first kappa shape index (κ1) is 20.1. The molecule has 0 aliphatic carbocycles. The van der Waals surface area contributed by atoms with Crippen molar-refractivity contribution in [3.8, 4) is 0 Å². The summed E-state index contributed by atoms with van der Waals surface area (Å²) in [6.07, 6.45) is 0.995. The molecule has 0 aromatic heterocycles. The van der Waals surface area contributed by atoms with Gasteiger partial charge in [0.2, 0.25) is 0 Å². The molecule has 156 valence electrons. The van der Waals surface area contributed by atoms with Gasteiger partial charge in [-0.2, -0.15) is 0 Å². The summed E-state index contributed by atoms with van der Waals surface area (Å²) >= 11 is 0. The Balaban J connectivity index is 1.24. The number of carbonyl (C=O) groups is 3. The van der Waals surface area contributed by atoms with E-state index in [2.05, 4.69) is 0 Å². The monoisotopic (exact) mass is 408 g/mol. The van der Waals surface area contributed by atoms with Gasteiger partial charge in [-0.3, -0.25) is 14.5 Å². The third-order valence-electron chi connectivity index (χ3n) is 5.75. The standard InChI is InChI=1S/C23H24N2O5/c26-20-18-8-4-5-9-19(18)21(27)25(20)14-15-30-22(28)24-12-10-23(29,11-13-24)16-17-6-2-1-3-7-17/h1-9,29H,10-16H2. The Hall–Kier alpha value is -3.19. The first-order valence-corrected chi connectivity index (χ1v) is 10.1. The van der Waals surface area contributed by atoms with Gasteiger partial charge < -0.3 is 14.7 Å². The van der Waals surface area contributed by atoms with Crippen molar-refractivity contribution in [3.63, 3.8) is 0 Å². The SMILES string of the molecule is O=C(OCCN1C(=O)c2ccccc2C1=O)N1CCC(O)(Cc2ccccc2)CC1. The van der Waals surface area contributed by atoms with Gasteiger partial charge in [0, 0.05) is 19.5 Å². The number of benzene rings is 2. The van der Waals surface area contributed by atoms with E-state index in [-0.39, 0.29) is 25.0 Å². The molecule has 3 amide bonds. The lowest BCUT2D eigenvalue weighted by Crippen LogP contribution is -2.48. The van der Waals surface area contributed by atoms with Crippen LogP contribution in [0.4, 0.5) is 4.79 Å². The van der Waals surface area contributed by atoms with Crippen LogP contribution in [-0.2, 0) is 11.2 Å². The molecule has 30 heavy (non-hydrogen) atoms. The molecule has 0 bridgehead atoms. The van der Waals surface area contributed by atoms with Crippen LogP contribution in [0.25, 0.3) is 0 Å². The average Bonchev–Trinajstić information content (AvgIpc) is 3.00. The van der Waals surface area contributed by atoms with Gasteiger partial charge in [-0.1, -0.05) is 42.5 Å². The predicted molar refractivity (Wildman–Crippen MR) is 109 cm³/mol. The van der Waals surface area contributed by atoms with Gasteiger partial charge in [-0.25, -0.2) is 4.79 Å². The predicted octanol–water partition coefficient (Wildman–Crippen LogP) is 2.49. The minimum absolute atomic E-state index is 0.0177. The van der Waals surface area contributed by atoms with Gasteiger partial charge >= 0.3 is 6.09 Å². The summed E-state index contributed by atoms with van der Waals surface area (Å²) in [5.41, 5.74) is 0.986. The molecule has 0 spiro atoms. The molecule has 7 heteroatoms. The Kier molecular flexibility index (Phi) is 5.55. The lowest BCUT2D eigenvalue weighted by molar-refractivity contribution is -0.0203. The van der Waals surface area contributed by atoms with Crippen LogP contribution < -0.4 is 0 Å². The zero-order valence-electron chi connectivity index (χ0n) is 16.6. The maximum atomic E-state index is 12.4. The lowest BCUT2D eigenvalue weighted by Gasteiger charge is -2.37. The van der Waals surface area contributed by atoms with Crippen LogP contribution in [0, 0.1) is 0 Å². The Bertz CT molecular complexity index is 916. The van der Waals surface area contributed by atoms with Gasteiger partial charge in [-0.05, 0) is 30.5 Å². The van der Waals surface area contributed by atoms with Crippen molar-refractivity contribution in [2.24, 2.45) is 0 Å². The third-order valence-corrected chi connectivity index (χ3v) is 5.75. The summed E-state index contributed by atoms with van der Waals surface area (Å²) < 4.78 is 5.28.